The summed E-state index contributed by atoms with van der Waals surface area (Å²) in [5.74, 6) is -0.770. The average molecular weight is 273 g/mol. The molecule has 6 heteroatoms. The van der Waals surface area contributed by atoms with Crippen LogP contribution in [0.3, 0.4) is 0 Å². The molecular formula is C13H23NO5. The minimum atomic E-state index is -0.859. The minimum absolute atomic E-state index is 0.00802. The molecule has 0 aromatic heterocycles. The number of amides is 1. The third kappa shape index (κ3) is 5.28. The van der Waals surface area contributed by atoms with Crippen LogP contribution in [-0.2, 0) is 19.1 Å². The molecule has 1 aliphatic rings. The van der Waals surface area contributed by atoms with Gasteiger partial charge in [-0.15, -0.1) is 0 Å². The third-order valence-corrected chi connectivity index (χ3v) is 2.25. The minimum Gasteiger partial charge on any atom is -0.467 e. The van der Waals surface area contributed by atoms with Crippen LogP contribution >= 0.6 is 0 Å². The van der Waals surface area contributed by atoms with Crippen LogP contribution in [0.4, 0.5) is 4.79 Å². The van der Waals surface area contributed by atoms with E-state index in [0.29, 0.717) is 0 Å². The zero-order valence-electron chi connectivity index (χ0n) is 12.5. The van der Waals surface area contributed by atoms with Crippen molar-refractivity contribution in [1.29, 1.82) is 0 Å². The first-order valence-corrected chi connectivity index (χ1v) is 6.34. The smallest absolute Gasteiger partial charge is 0.411 e. The van der Waals surface area contributed by atoms with Crippen LogP contribution in [-0.4, -0.2) is 48.0 Å². The van der Waals surface area contributed by atoms with E-state index in [0.717, 1.165) is 4.90 Å². The standard InChI is InChI=1S/C11H17NO5.C2H6/c1-11(2,3)17-10(15)12-6-7(13)5-8(12)9(14)16-4;1-2/h8H,5-6H2,1-4H3;1-2H3/t8-;/m0./s1. The van der Waals surface area contributed by atoms with Gasteiger partial charge in [-0.1, -0.05) is 13.8 Å². The number of Topliss-reactive ketones (excluding diaryl/α,β-unsaturated/α-hetero) is 1. The van der Waals surface area contributed by atoms with E-state index in [1.165, 1.54) is 7.11 Å². The van der Waals surface area contributed by atoms with E-state index in [2.05, 4.69) is 4.74 Å². The van der Waals surface area contributed by atoms with Gasteiger partial charge in [-0.25, -0.2) is 9.59 Å². The highest BCUT2D eigenvalue weighted by molar-refractivity contribution is 5.95. The van der Waals surface area contributed by atoms with Gasteiger partial charge in [-0.05, 0) is 20.8 Å². The highest BCUT2D eigenvalue weighted by Gasteiger charge is 2.41. The molecule has 1 saturated heterocycles. The molecule has 0 spiro atoms. The number of ether oxygens (including phenoxy) is 2. The first kappa shape index (κ1) is 17.4. The Balaban J connectivity index is 0.00000154. The Morgan fingerprint density at radius 3 is 2.21 bits per heavy atom. The molecule has 0 aromatic carbocycles. The predicted molar refractivity (Wildman–Crippen MR) is 69.7 cm³/mol. The molecule has 0 unspecified atom stereocenters. The van der Waals surface area contributed by atoms with Crippen LogP contribution in [0, 0.1) is 0 Å². The van der Waals surface area contributed by atoms with Gasteiger partial charge in [0.25, 0.3) is 0 Å². The highest BCUT2D eigenvalue weighted by atomic mass is 16.6. The summed E-state index contributed by atoms with van der Waals surface area (Å²) in [5, 5.41) is 0. The lowest BCUT2D eigenvalue weighted by Crippen LogP contribution is -2.43. The first-order chi connectivity index (χ1) is 8.74. The summed E-state index contributed by atoms with van der Waals surface area (Å²) in [7, 11) is 1.22. The van der Waals surface area contributed by atoms with Gasteiger partial charge in [0.15, 0.2) is 5.78 Å². The maximum absolute atomic E-state index is 11.8. The normalized spacial score (nSPS) is 18.5. The van der Waals surface area contributed by atoms with Crippen LogP contribution in [0.25, 0.3) is 0 Å². The number of hydrogen-bond acceptors (Lipinski definition) is 5. The molecule has 0 radical (unpaired) electrons. The zero-order chi connectivity index (χ0) is 15.2. The summed E-state index contributed by atoms with van der Waals surface area (Å²) in [5.41, 5.74) is -0.663. The number of hydrogen-bond donors (Lipinski definition) is 0. The van der Waals surface area contributed by atoms with Gasteiger partial charge >= 0.3 is 12.1 Å². The van der Waals surface area contributed by atoms with Crippen LogP contribution in [0.5, 0.6) is 0 Å². The van der Waals surface area contributed by atoms with E-state index >= 15 is 0 Å². The number of ketones is 1. The van der Waals surface area contributed by atoms with E-state index in [1.54, 1.807) is 20.8 Å². The highest BCUT2D eigenvalue weighted by Crippen LogP contribution is 2.19. The Kier molecular flexibility index (Phi) is 6.52. The zero-order valence-corrected chi connectivity index (χ0v) is 12.5. The molecule has 1 aliphatic heterocycles. The Hall–Kier alpha value is -1.59. The van der Waals surface area contributed by atoms with E-state index in [9.17, 15) is 14.4 Å². The fourth-order valence-corrected chi connectivity index (χ4v) is 1.55. The molecule has 19 heavy (non-hydrogen) atoms. The summed E-state index contributed by atoms with van der Waals surface area (Å²) in [6.45, 7) is 9.05. The molecule has 6 nitrogen and oxygen atoms in total. The van der Waals surface area contributed by atoms with Crippen molar-refractivity contribution in [3.63, 3.8) is 0 Å². The second-order valence-electron chi connectivity index (χ2n) is 4.89. The predicted octanol–water partition coefficient (Wildman–Crippen LogP) is 1.76. The number of nitrogens with zero attached hydrogens (tertiary/aromatic N) is 1. The lowest BCUT2D eigenvalue weighted by Gasteiger charge is -2.26. The molecule has 0 aromatic rings. The second-order valence-corrected chi connectivity index (χ2v) is 4.89. The molecule has 1 rings (SSSR count). The number of carbonyl (C=O) groups is 3. The lowest BCUT2D eigenvalue weighted by atomic mass is 10.2. The van der Waals surface area contributed by atoms with Crippen molar-refractivity contribution < 1.29 is 23.9 Å². The van der Waals surface area contributed by atoms with Gasteiger partial charge in [-0.2, -0.15) is 0 Å². The van der Waals surface area contributed by atoms with Crippen molar-refractivity contribution in [2.75, 3.05) is 13.7 Å². The molecule has 0 bridgehead atoms. The first-order valence-electron chi connectivity index (χ1n) is 6.34. The van der Waals surface area contributed by atoms with Crippen molar-refractivity contribution in [3.05, 3.63) is 0 Å². The van der Waals surface area contributed by atoms with E-state index in [4.69, 9.17) is 4.74 Å². The lowest BCUT2D eigenvalue weighted by molar-refractivity contribution is -0.145. The summed E-state index contributed by atoms with van der Waals surface area (Å²) in [4.78, 5) is 35.6. The van der Waals surface area contributed by atoms with Gasteiger partial charge in [0.1, 0.15) is 11.6 Å². The maximum Gasteiger partial charge on any atom is 0.411 e. The van der Waals surface area contributed by atoms with E-state index < -0.39 is 23.7 Å². The molecule has 1 fully saturated rings. The number of carbonyl (C=O) groups excluding carboxylic acids is 3. The topological polar surface area (TPSA) is 72.9 Å². The van der Waals surface area contributed by atoms with Crippen molar-refractivity contribution in [1.82, 2.24) is 4.90 Å². The molecule has 1 atom stereocenters. The molecule has 0 aliphatic carbocycles. The van der Waals surface area contributed by atoms with Gasteiger partial charge < -0.3 is 9.47 Å². The van der Waals surface area contributed by atoms with E-state index in [-0.39, 0.29) is 18.7 Å². The molecule has 0 saturated carbocycles. The molecule has 110 valence electrons. The van der Waals surface area contributed by atoms with Crippen LogP contribution < -0.4 is 0 Å². The van der Waals surface area contributed by atoms with Gasteiger partial charge in [0, 0.05) is 6.42 Å². The molecular weight excluding hydrogens is 250 g/mol. The van der Waals surface area contributed by atoms with Gasteiger partial charge in [0.05, 0.1) is 13.7 Å². The fourth-order valence-electron chi connectivity index (χ4n) is 1.55. The summed E-state index contributed by atoms with van der Waals surface area (Å²) >= 11 is 0. The van der Waals surface area contributed by atoms with Crippen LogP contribution in [0.1, 0.15) is 41.0 Å². The molecule has 1 heterocycles. The fraction of sp³-hybridized carbons (Fsp3) is 0.769. The largest absolute Gasteiger partial charge is 0.467 e. The Bertz CT molecular complexity index is 345. The van der Waals surface area contributed by atoms with Crippen molar-refractivity contribution >= 4 is 17.8 Å². The third-order valence-electron chi connectivity index (χ3n) is 2.25. The summed E-state index contributed by atoms with van der Waals surface area (Å²) in [6, 6.07) is -0.859. The Morgan fingerprint density at radius 2 is 1.79 bits per heavy atom. The van der Waals surface area contributed by atoms with Gasteiger partial charge in [-0.3, -0.25) is 9.69 Å². The van der Waals surface area contributed by atoms with Crippen molar-refractivity contribution in [3.8, 4) is 0 Å². The van der Waals surface area contributed by atoms with Crippen molar-refractivity contribution in [2.24, 2.45) is 0 Å². The number of esters is 1. The number of likely N-dealkylation sites (tertiary alicyclic amines) is 1. The molecule has 0 N–H and O–H groups in total. The molecule has 1 amide bonds. The average Bonchev–Trinajstić information content (AvgIpc) is 2.71. The number of rotatable bonds is 1. The Morgan fingerprint density at radius 1 is 1.26 bits per heavy atom. The Labute approximate surface area is 114 Å². The maximum atomic E-state index is 11.8. The quantitative estimate of drug-likeness (QED) is 0.681. The second kappa shape index (κ2) is 7.11. The number of methoxy groups -OCH3 is 1. The van der Waals surface area contributed by atoms with Crippen LogP contribution in [0.2, 0.25) is 0 Å². The van der Waals surface area contributed by atoms with Crippen molar-refractivity contribution in [2.45, 2.75) is 52.7 Å². The van der Waals surface area contributed by atoms with Crippen LogP contribution in [0.15, 0.2) is 0 Å². The SMILES string of the molecule is CC.COC(=O)[C@@H]1CC(=O)CN1C(=O)OC(C)(C)C. The monoisotopic (exact) mass is 273 g/mol. The summed E-state index contributed by atoms with van der Waals surface area (Å²) < 4.78 is 9.67. The summed E-state index contributed by atoms with van der Waals surface area (Å²) in [6.07, 6.45) is -0.676. The van der Waals surface area contributed by atoms with E-state index in [1.807, 2.05) is 13.8 Å². The van der Waals surface area contributed by atoms with Gasteiger partial charge in [0.2, 0.25) is 0 Å².